The Morgan fingerprint density at radius 3 is 2.50 bits per heavy atom. The van der Waals surface area contributed by atoms with Crippen molar-refractivity contribution in [3.63, 3.8) is 0 Å². The van der Waals surface area contributed by atoms with Gasteiger partial charge in [0.05, 0.1) is 17.8 Å². The summed E-state index contributed by atoms with van der Waals surface area (Å²) in [5.41, 5.74) is 2.95. The van der Waals surface area contributed by atoms with Crippen molar-refractivity contribution >= 4 is 23.5 Å². The van der Waals surface area contributed by atoms with Gasteiger partial charge in [0.15, 0.2) is 0 Å². The highest BCUT2D eigenvalue weighted by molar-refractivity contribution is 6.10. The molecule has 1 atom stereocenters. The number of fused-ring (bicyclic) bond motifs is 2. The molecule has 7 nitrogen and oxygen atoms in total. The van der Waals surface area contributed by atoms with Gasteiger partial charge in [-0.05, 0) is 36.1 Å². The molecule has 3 aliphatic rings. The molecule has 2 aromatic carbocycles. The zero-order chi connectivity index (χ0) is 22.1. The summed E-state index contributed by atoms with van der Waals surface area (Å²) in [6.45, 7) is 0.960. The van der Waals surface area contributed by atoms with Crippen LogP contribution in [-0.2, 0) is 4.79 Å². The van der Waals surface area contributed by atoms with Crippen LogP contribution in [0.5, 0.6) is 0 Å². The number of nitrogens with one attached hydrogen (secondary N) is 2. The number of urea groups is 1. The van der Waals surface area contributed by atoms with Crippen LogP contribution in [0.15, 0.2) is 48.5 Å². The fourth-order valence-electron chi connectivity index (χ4n) is 4.96. The Hall–Kier alpha value is -3.35. The molecule has 32 heavy (non-hydrogen) atoms. The summed E-state index contributed by atoms with van der Waals surface area (Å²) in [4.78, 5) is 42.5. The lowest BCUT2D eigenvalue weighted by molar-refractivity contribution is -0.121. The Labute approximate surface area is 187 Å². The summed E-state index contributed by atoms with van der Waals surface area (Å²) < 4.78 is 0. The number of amides is 4. The SMILES string of the molecule is O=C1Nc2ccc(-c3ccccc3)cc2C(=O)N2CCN(C(=O)NC3CCCCC3)C[C@H]12. The predicted octanol–water partition coefficient (Wildman–Crippen LogP) is 3.47. The Morgan fingerprint density at radius 2 is 1.72 bits per heavy atom. The normalized spacial score (nSPS) is 21.3. The van der Waals surface area contributed by atoms with Gasteiger partial charge in [0.1, 0.15) is 6.04 Å². The number of carbonyl (C=O) groups excluding carboxylic acids is 3. The van der Waals surface area contributed by atoms with Gasteiger partial charge in [-0.25, -0.2) is 4.79 Å². The van der Waals surface area contributed by atoms with Crippen LogP contribution in [-0.4, -0.2) is 59.4 Å². The van der Waals surface area contributed by atoms with Gasteiger partial charge in [0.25, 0.3) is 5.91 Å². The van der Waals surface area contributed by atoms with Crippen LogP contribution in [0.1, 0.15) is 42.5 Å². The summed E-state index contributed by atoms with van der Waals surface area (Å²) in [5, 5.41) is 6.03. The van der Waals surface area contributed by atoms with E-state index in [0.717, 1.165) is 36.8 Å². The second-order valence-electron chi connectivity index (χ2n) is 8.86. The summed E-state index contributed by atoms with van der Waals surface area (Å²) >= 11 is 0. The fraction of sp³-hybridized carbons (Fsp3) is 0.400. The number of benzene rings is 2. The summed E-state index contributed by atoms with van der Waals surface area (Å²) in [6, 6.07) is 14.8. The maximum Gasteiger partial charge on any atom is 0.317 e. The number of hydrogen-bond acceptors (Lipinski definition) is 3. The Balaban J connectivity index is 1.34. The summed E-state index contributed by atoms with van der Waals surface area (Å²) in [6.07, 6.45) is 5.52. The monoisotopic (exact) mass is 432 g/mol. The van der Waals surface area contributed by atoms with Crippen LogP contribution in [0.3, 0.4) is 0 Å². The van der Waals surface area contributed by atoms with Crippen LogP contribution in [0.4, 0.5) is 10.5 Å². The van der Waals surface area contributed by atoms with Crippen LogP contribution >= 0.6 is 0 Å². The molecular formula is C25H28N4O3. The smallest absolute Gasteiger partial charge is 0.317 e. The molecule has 0 radical (unpaired) electrons. The highest BCUT2D eigenvalue weighted by Gasteiger charge is 2.40. The van der Waals surface area contributed by atoms with Crippen molar-refractivity contribution in [1.82, 2.24) is 15.1 Å². The van der Waals surface area contributed by atoms with Crippen molar-refractivity contribution in [3.8, 4) is 11.1 Å². The van der Waals surface area contributed by atoms with Gasteiger partial charge in [-0.3, -0.25) is 9.59 Å². The molecule has 1 saturated heterocycles. The lowest BCUT2D eigenvalue weighted by Crippen LogP contribution is -2.61. The van der Waals surface area contributed by atoms with Crippen molar-refractivity contribution < 1.29 is 14.4 Å². The highest BCUT2D eigenvalue weighted by Crippen LogP contribution is 2.30. The molecule has 5 rings (SSSR count). The van der Waals surface area contributed by atoms with Gasteiger partial charge in [0.2, 0.25) is 5.91 Å². The zero-order valence-corrected chi connectivity index (χ0v) is 18.0. The summed E-state index contributed by atoms with van der Waals surface area (Å²) in [7, 11) is 0. The van der Waals surface area contributed by atoms with Crippen LogP contribution in [0.2, 0.25) is 0 Å². The summed E-state index contributed by atoms with van der Waals surface area (Å²) in [5.74, 6) is -0.423. The number of nitrogens with zero attached hydrogens (tertiary/aromatic N) is 2. The minimum absolute atomic E-state index is 0.134. The van der Waals surface area contributed by atoms with Crippen molar-refractivity contribution in [2.75, 3.05) is 25.0 Å². The van der Waals surface area contributed by atoms with E-state index in [4.69, 9.17) is 0 Å². The molecule has 0 bridgehead atoms. The molecule has 2 heterocycles. The zero-order valence-electron chi connectivity index (χ0n) is 18.0. The molecular weight excluding hydrogens is 404 g/mol. The van der Waals surface area contributed by atoms with Gasteiger partial charge in [0, 0.05) is 19.1 Å². The Kier molecular flexibility index (Phi) is 5.55. The van der Waals surface area contributed by atoms with E-state index >= 15 is 0 Å². The van der Waals surface area contributed by atoms with Crippen LogP contribution < -0.4 is 10.6 Å². The molecule has 0 spiro atoms. The van der Waals surface area contributed by atoms with Gasteiger partial charge in [-0.2, -0.15) is 0 Å². The molecule has 7 heteroatoms. The third-order valence-corrected chi connectivity index (χ3v) is 6.78. The molecule has 2 aliphatic heterocycles. The maximum absolute atomic E-state index is 13.4. The van der Waals surface area contributed by atoms with Crippen molar-refractivity contribution in [3.05, 3.63) is 54.1 Å². The van der Waals surface area contributed by atoms with E-state index in [1.807, 2.05) is 42.5 Å². The van der Waals surface area contributed by atoms with E-state index in [9.17, 15) is 14.4 Å². The van der Waals surface area contributed by atoms with E-state index < -0.39 is 6.04 Å². The largest absolute Gasteiger partial charge is 0.335 e. The number of anilines is 1. The van der Waals surface area contributed by atoms with Crippen molar-refractivity contribution in [1.29, 1.82) is 0 Å². The first-order valence-corrected chi connectivity index (χ1v) is 11.5. The minimum Gasteiger partial charge on any atom is -0.335 e. The molecule has 2 aromatic rings. The van der Waals surface area contributed by atoms with Crippen molar-refractivity contribution in [2.45, 2.75) is 44.2 Å². The molecule has 2 fully saturated rings. The average molecular weight is 433 g/mol. The number of carbonyl (C=O) groups is 3. The predicted molar refractivity (Wildman–Crippen MR) is 122 cm³/mol. The van der Waals surface area contributed by atoms with E-state index in [-0.39, 0.29) is 30.4 Å². The van der Waals surface area contributed by atoms with E-state index in [2.05, 4.69) is 10.6 Å². The molecule has 0 unspecified atom stereocenters. The van der Waals surface area contributed by atoms with E-state index in [1.54, 1.807) is 15.9 Å². The molecule has 166 valence electrons. The first-order chi connectivity index (χ1) is 15.6. The first-order valence-electron chi connectivity index (χ1n) is 11.5. The highest BCUT2D eigenvalue weighted by atomic mass is 16.2. The first kappa shape index (κ1) is 20.5. The lowest BCUT2D eigenvalue weighted by Gasteiger charge is -2.40. The van der Waals surface area contributed by atoms with Gasteiger partial charge >= 0.3 is 6.03 Å². The van der Waals surface area contributed by atoms with Crippen LogP contribution in [0.25, 0.3) is 11.1 Å². The Morgan fingerprint density at radius 1 is 0.938 bits per heavy atom. The lowest BCUT2D eigenvalue weighted by atomic mass is 9.96. The van der Waals surface area contributed by atoms with Crippen molar-refractivity contribution in [2.24, 2.45) is 0 Å². The topological polar surface area (TPSA) is 81.8 Å². The van der Waals surface area contributed by atoms with E-state index in [1.165, 1.54) is 6.42 Å². The quantitative estimate of drug-likeness (QED) is 0.762. The van der Waals surface area contributed by atoms with Gasteiger partial charge in [-0.15, -0.1) is 0 Å². The minimum atomic E-state index is -0.694. The third-order valence-electron chi connectivity index (χ3n) is 6.78. The fourth-order valence-corrected chi connectivity index (χ4v) is 4.96. The second kappa shape index (κ2) is 8.65. The van der Waals surface area contributed by atoms with E-state index in [0.29, 0.717) is 24.3 Å². The van der Waals surface area contributed by atoms with Gasteiger partial charge in [-0.1, -0.05) is 55.7 Å². The molecule has 4 amide bonds. The number of rotatable bonds is 2. The Bertz CT molecular complexity index is 1030. The number of piperazine rings is 1. The van der Waals surface area contributed by atoms with Crippen LogP contribution in [0, 0.1) is 0 Å². The molecule has 1 saturated carbocycles. The number of hydrogen-bond donors (Lipinski definition) is 2. The van der Waals surface area contributed by atoms with Gasteiger partial charge < -0.3 is 20.4 Å². The average Bonchev–Trinajstić information content (AvgIpc) is 2.94. The standard InChI is InChI=1S/C25H28N4O3/c30-23-22-16-28(25(32)26-19-9-5-2-6-10-19)13-14-29(22)24(31)20-15-18(11-12-21(20)27-23)17-7-3-1-4-8-17/h1,3-4,7-8,11-12,15,19,22H,2,5-6,9-10,13-14,16H2,(H,26,32)(H,27,30)/t22-/m1/s1. The molecule has 0 aromatic heterocycles. The molecule has 1 aliphatic carbocycles. The molecule has 2 N–H and O–H groups in total. The maximum atomic E-state index is 13.4. The third kappa shape index (κ3) is 3.95. The second-order valence-corrected chi connectivity index (χ2v) is 8.86.